The van der Waals surface area contributed by atoms with Gasteiger partial charge in [-0.3, -0.25) is 4.79 Å². The zero-order valence-electron chi connectivity index (χ0n) is 12.2. The van der Waals surface area contributed by atoms with E-state index in [-0.39, 0.29) is 17.3 Å². The van der Waals surface area contributed by atoms with Crippen molar-refractivity contribution in [3.8, 4) is 0 Å². The quantitative estimate of drug-likeness (QED) is 0.740. The van der Waals surface area contributed by atoms with Crippen LogP contribution >= 0.6 is 0 Å². The summed E-state index contributed by atoms with van der Waals surface area (Å²) in [5, 5.41) is 3.37. The average Bonchev–Trinajstić information content (AvgIpc) is 2.39. The van der Waals surface area contributed by atoms with Gasteiger partial charge in [0.2, 0.25) is 0 Å². The molecule has 0 amide bonds. The Labute approximate surface area is 117 Å². The molecule has 0 spiro atoms. The summed E-state index contributed by atoms with van der Waals surface area (Å²) in [5.74, 6) is 1.53. The van der Waals surface area contributed by atoms with Crippen LogP contribution in [0.15, 0.2) is 0 Å². The van der Waals surface area contributed by atoms with Gasteiger partial charge in [0.15, 0.2) is 0 Å². The summed E-state index contributed by atoms with van der Waals surface area (Å²) >= 11 is 0. The highest BCUT2D eigenvalue weighted by Gasteiger charge is 2.22. The van der Waals surface area contributed by atoms with E-state index in [2.05, 4.69) is 12.2 Å². The van der Waals surface area contributed by atoms with Crippen molar-refractivity contribution in [2.45, 2.75) is 46.0 Å². The van der Waals surface area contributed by atoms with E-state index in [0.717, 1.165) is 13.1 Å². The number of hydrogen-bond acceptors (Lipinski definition) is 4. The number of Topliss-reactive ketones (excluding diaryl/α,β-unsaturated/α-hetero) is 1. The molecule has 1 fully saturated rings. The van der Waals surface area contributed by atoms with E-state index in [1.165, 1.54) is 12.8 Å². The Morgan fingerprint density at radius 1 is 1.42 bits per heavy atom. The molecule has 2 atom stereocenters. The molecule has 0 aliphatic carbocycles. The fourth-order valence-electron chi connectivity index (χ4n) is 2.63. The smallest absolute Gasteiger partial charge is 0.150 e. The normalized spacial score (nSPS) is 22.1. The zero-order chi connectivity index (χ0) is 14.3. The highest BCUT2D eigenvalue weighted by atomic mass is 32.2. The molecule has 1 saturated heterocycles. The minimum absolute atomic E-state index is 0.147. The Morgan fingerprint density at radius 3 is 2.74 bits per heavy atom. The number of sulfone groups is 1. The Bertz CT molecular complexity index is 372. The molecule has 112 valence electrons. The molecule has 1 heterocycles. The Hall–Kier alpha value is -0.420. The van der Waals surface area contributed by atoms with Gasteiger partial charge in [-0.05, 0) is 44.2 Å². The van der Waals surface area contributed by atoms with Crippen molar-refractivity contribution in [1.29, 1.82) is 0 Å². The minimum Gasteiger partial charge on any atom is -0.316 e. The van der Waals surface area contributed by atoms with Crippen molar-refractivity contribution < 1.29 is 13.2 Å². The second-order valence-electron chi connectivity index (χ2n) is 5.67. The van der Waals surface area contributed by atoms with Gasteiger partial charge in [0.1, 0.15) is 15.6 Å². The summed E-state index contributed by atoms with van der Waals surface area (Å²) in [7, 11) is -2.93. The van der Waals surface area contributed by atoms with Crippen LogP contribution in [0.1, 0.15) is 46.0 Å². The molecule has 0 aromatic rings. The van der Waals surface area contributed by atoms with E-state index in [1.807, 2.05) is 0 Å². The monoisotopic (exact) mass is 289 g/mol. The van der Waals surface area contributed by atoms with E-state index < -0.39 is 9.84 Å². The number of rotatable bonds is 8. The first-order chi connectivity index (χ1) is 8.94. The molecular weight excluding hydrogens is 262 g/mol. The standard InChI is InChI=1S/C14H27NO3S/c1-3-19(17,18)9-5-7-14(16)10-12(2)13-6-4-8-15-11-13/h12-13,15H,3-11H2,1-2H3. The van der Waals surface area contributed by atoms with Crippen LogP contribution in [0.25, 0.3) is 0 Å². The van der Waals surface area contributed by atoms with E-state index in [4.69, 9.17) is 0 Å². The van der Waals surface area contributed by atoms with Gasteiger partial charge >= 0.3 is 0 Å². The highest BCUT2D eigenvalue weighted by molar-refractivity contribution is 7.91. The zero-order valence-corrected chi connectivity index (χ0v) is 13.0. The van der Waals surface area contributed by atoms with Crippen LogP contribution in [0.5, 0.6) is 0 Å². The molecule has 1 aliphatic rings. The highest BCUT2D eigenvalue weighted by Crippen LogP contribution is 2.23. The van der Waals surface area contributed by atoms with Gasteiger partial charge in [-0.2, -0.15) is 0 Å². The SMILES string of the molecule is CCS(=O)(=O)CCCC(=O)CC(C)C1CCCNC1. The molecule has 2 unspecified atom stereocenters. The molecule has 1 N–H and O–H groups in total. The van der Waals surface area contributed by atoms with Gasteiger partial charge in [-0.25, -0.2) is 8.42 Å². The molecule has 0 aromatic heterocycles. The number of carbonyl (C=O) groups is 1. The number of piperidine rings is 1. The molecule has 0 saturated carbocycles. The summed E-state index contributed by atoms with van der Waals surface area (Å²) in [6.07, 6.45) is 3.87. The van der Waals surface area contributed by atoms with E-state index in [0.29, 0.717) is 31.1 Å². The number of nitrogens with one attached hydrogen (secondary N) is 1. The molecule has 1 rings (SSSR count). The van der Waals surface area contributed by atoms with Crippen LogP contribution < -0.4 is 5.32 Å². The van der Waals surface area contributed by atoms with Crippen molar-refractivity contribution >= 4 is 15.6 Å². The Morgan fingerprint density at radius 2 is 2.16 bits per heavy atom. The third kappa shape index (κ3) is 6.52. The van der Waals surface area contributed by atoms with Crippen LogP contribution in [-0.4, -0.2) is 38.8 Å². The van der Waals surface area contributed by atoms with Gasteiger partial charge in [0.05, 0.1) is 5.75 Å². The summed E-state index contributed by atoms with van der Waals surface area (Å²) in [4.78, 5) is 11.9. The van der Waals surface area contributed by atoms with Gasteiger partial charge < -0.3 is 5.32 Å². The fourth-order valence-corrected chi connectivity index (χ4v) is 3.50. The van der Waals surface area contributed by atoms with Gasteiger partial charge in [-0.1, -0.05) is 13.8 Å². The lowest BCUT2D eigenvalue weighted by Crippen LogP contribution is -2.34. The van der Waals surface area contributed by atoms with Crippen LogP contribution in [-0.2, 0) is 14.6 Å². The lowest BCUT2D eigenvalue weighted by molar-refractivity contribution is -0.120. The van der Waals surface area contributed by atoms with Crippen molar-refractivity contribution in [2.24, 2.45) is 11.8 Å². The third-order valence-electron chi connectivity index (χ3n) is 4.04. The third-order valence-corrected chi connectivity index (χ3v) is 5.83. The maximum absolute atomic E-state index is 11.9. The molecule has 1 aliphatic heterocycles. The summed E-state index contributed by atoms with van der Waals surface area (Å²) in [5.41, 5.74) is 0. The number of hydrogen-bond donors (Lipinski definition) is 1. The van der Waals surface area contributed by atoms with Crippen molar-refractivity contribution in [3.63, 3.8) is 0 Å². The lowest BCUT2D eigenvalue weighted by Gasteiger charge is -2.28. The Balaban J connectivity index is 2.23. The molecule has 0 radical (unpaired) electrons. The van der Waals surface area contributed by atoms with Gasteiger partial charge in [0.25, 0.3) is 0 Å². The molecule has 5 heteroatoms. The first-order valence-electron chi connectivity index (χ1n) is 7.37. The maximum atomic E-state index is 11.9. The molecule has 0 aromatic carbocycles. The summed E-state index contributed by atoms with van der Waals surface area (Å²) in [6, 6.07) is 0. The molecular formula is C14H27NO3S. The Kier molecular flexibility index (Phi) is 7.00. The van der Waals surface area contributed by atoms with Gasteiger partial charge in [-0.15, -0.1) is 0 Å². The van der Waals surface area contributed by atoms with E-state index >= 15 is 0 Å². The van der Waals surface area contributed by atoms with E-state index in [1.54, 1.807) is 6.92 Å². The van der Waals surface area contributed by atoms with Gasteiger partial charge in [0, 0.05) is 18.6 Å². The summed E-state index contributed by atoms with van der Waals surface area (Å²) < 4.78 is 22.7. The van der Waals surface area contributed by atoms with Crippen molar-refractivity contribution in [2.75, 3.05) is 24.6 Å². The molecule has 4 nitrogen and oxygen atoms in total. The average molecular weight is 289 g/mol. The first kappa shape index (κ1) is 16.6. The van der Waals surface area contributed by atoms with Crippen molar-refractivity contribution in [3.05, 3.63) is 0 Å². The van der Waals surface area contributed by atoms with Crippen LogP contribution in [0.2, 0.25) is 0 Å². The van der Waals surface area contributed by atoms with E-state index in [9.17, 15) is 13.2 Å². The minimum atomic E-state index is -2.93. The second kappa shape index (κ2) is 8.00. The molecule has 0 bridgehead atoms. The predicted octanol–water partition coefficient (Wildman–Crippen LogP) is 1.80. The van der Waals surface area contributed by atoms with Crippen LogP contribution in [0.3, 0.4) is 0 Å². The van der Waals surface area contributed by atoms with Crippen LogP contribution in [0.4, 0.5) is 0 Å². The predicted molar refractivity (Wildman–Crippen MR) is 77.9 cm³/mol. The number of carbonyl (C=O) groups excluding carboxylic acids is 1. The second-order valence-corrected chi connectivity index (χ2v) is 8.14. The maximum Gasteiger partial charge on any atom is 0.150 e. The summed E-state index contributed by atoms with van der Waals surface area (Å²) in [6.45, 7) is 5.89. The number of ketones is 1. The lowest BCUT2D eigenvalue weighted by atomic mass is 9.84. The topological polar surface area (TPSA) is 63.2 Å². The van der Waals surface area contributed by atoms with Crippen molar-refractivity contribution in [1.82, 2.24) is 5.32 Å². The van der Waals surface area contributed by atoms with Crippen LogP contribution in [0, 0.1) is 11.8 Å². The fraction of sp³-hybridized carbons (Fsp3) is 0.929. The largest absolute Gasteiger partial charge is 0.316 e. The first-order valence-corrected chi connectivity index (χ1v) is 9.19. The molecule has 19 heavy (non-hydrogen) atoms.